The summed E-state index contributed by atoms with van der Waals surface area (Å²) in [5, 5.41) is 28.6. The third kappa shape index (κ3) is 3.51. The van der Waals surface area contributed by atoms with Gasteiger partial charge in [-0.25, -0.2) is 9.97 Å². The Bertz CT molecular complexity index is 749. The molecule has 0 radical (unpaired) electrons. The summed E-state index contributed by atoms with van der Waals surface area (Å²) >= 11 is 1.27. The van der Waals surface area contributed by atoms with Crippen LogP contribution in [0, 0.1) is 11.3 Å². The molecule has 2 aromatic heterocycles. The Morgan fingerprint density at radius 2 is 2.09 bits per heavy atom. The molecule has 0 bridgehead atoms. The van der Waals surface area contributed by atoms with Gasteiger partial charge in [0.1, 0.15) is 23.2 Å². The quantitative estimate of drug-likeness (QED) is 0.398. The van der Waals surface area contributed by atoms with Crippen LogP contribution in [0.5, 0.6) is 0 Å². The molecule has 0 unspecified atom stereocenters. The molecule has 0 aromatic carbocycles. The van der Waals surface area contributed by atoms with Gasteiger partial charge in [0.2, 0.25) is 0 Å². The molecule has 23 heavy (non-hydrogen) atoms. The number of fused-ring (bicyclic) bond motifs is 1. The lowest BCUT2D eigenvalue weighted by Gasteiger charge is -2.07. The number of nitrogens with zero attached hydrogens (tertiary/aromatic N) is 6. The number of aromatic nitrogens is 5. The van der Waals surface area contributed by atoms with Gasteiger partial charge in [-0.15, -0.1) is 10.2 Å². The molecule has 1 aliphatic rings. The second-order valence-corrected chi connectivity index (χ2v) is 6.10. The summed E-state index contributed by atoms with van der Waals surface area (Å²) in [4.78, 5) is 8.17. The van der Waals surface area contributed by atoms with Gasteiger partial charge in [0.15, 0.2) is 11.0 Å². The van der Waals surface area contributed by atoms with Crippen molar-refractivity contribution in [2.24, 2.45) is 0 Å². The Hall–Kier alpha value is -2.40. The van der Waals surface area contributed by atoms with Crippen LogP contribution in [0.3, 0.4) is 0 Å². The monoisotopic (exact) mass is 328 g/mol. The average molecular weight is 328 g/mol. The zero-order valence-corrected chi connectivity index (χ0v) is 13.3. The van der Waals surface area contributed by atoms with Gasteiger partial charge in [-0.05, 0) is 18.9 Å². The maximum absolute atomic E-state index is 10.3. The van der Waals surface area contributed by atoms with Crippen molar-refractivity contribution in [3.8, 4) is 6.07 Å². The Morgan fingerprint density at radius 1 is 1.26 bits per heavy atom. The number of nitriles is 1. The first-order valence-corrected chi connectivity index (χ1v) is 8.42. The van der Waals surface area contributed by atoms with Crippen molar-refractivity contribution in [3.05, 3.63) is 35.9 Å². The smallest absolute Gasteiger partial charge is 0.187 e. The summed E-state index contributed by atoms with van der Waals surface area (Å²) in [6.07, 6.45) is 7.39. The van der Waals surface area contributed by atoms with Crippen LogP contribution in [-0.4, -0.2) is 35.6 Å². The Morgan fingerprint density at radius 3 is 2.87 bits per heavy atom. The first kappa shape index (κ1) is 15.5. The van der Waals surface area contributed by atoms with Gasteiger partial charge < -0.3 is 9.67 Å². The van der Waals surface area contributed by atoms with Gasteiger partial charge in [0.05, 0.1) is 5.75 Å². The molecular formula is C15H16N6OS. The van der Waals surface area contributed by atoms with E-state index in [9.17, 15) is 10.4 Å². The van der Waals surface area contributed by atoms with Crippen molar-refractivity contribution in [2.75, 3.05) is 5.75 Å². The lowest BCUT2D eigenvalue weighted by atomic mass is 10.2. The molecule has 1 N–H and O–H groups in total. The molecule has 0 atom stereocenters. The van der Waals surface area contributed by atoms with E-state index < -0.39 is 0 Å². The molecule has 3 heterocycles. The Balaban J connectivity index is 1.84. The zero-order valence-electron chi connectivity index (χ0n) is 12.5. The number of rotatable bonds is 4. The van der Waals surface area contributed by atoms with Gasteiger partial charge in [0.25, 0.3) is 0 Å². The molecule has 0 saturated carbocycles. The van der Waals surface area contributed by atoms with Crippen molar-refractivity contribution in [1.29, 1.82) is 5.26 Å². The van der Waals surface area contributed by atoms with Crippen LogP contribution >= 0.6 is 11.8 Å². The first-order valence-electron chi connectivity index (χ1n) is 7.44. The molecule has 0 fully saturated rings. The summed E-state index contributed by atoms with van der Waals surface area (Å²) in [6, 6.07) is 3.79. The maximum Gasteiger partial charge on any atom is 0.187 e. The van der Waals surface area contributed by atoms with Gasteiger partial charge in [-0.2, -0.15) is 5.26 Å². The highest BCUT2D eigenvalue weighted by atomic mass is 32.2. The highest BCUT2D eigenvalue weighted by molar-refractivity contribution is 7.99. The lowest BCUT2D eigenvalue weighted by Crippen LogP contribution is -2.07. The van der Waals surface area contributed by atoms with E-state index >= 15 is 0 Å². The standard InChI is InChI=1S/C15H16N6OS/c16-9-11(12(22)10-23-15-17-6-4-7-18-15)14-20-19-13-5-2-1-3-8-21(13)14/h4,6-7,22H,1-3,5,8,10H2. The molecule has 0 saturated heterocycles. The average Bonchev–Trinajstić information content (AvgIpc) is 2.83. The topological polar surface area (TPSA) is 101 Å². The van der Waals surface area contributed by atoms with E-state index in [0.717, 1.165) is 38.1 Å². The molecule has 2 aromatic rings. The maximum atomic E-state index is 10.3. The Kier molecular flexibility index (Phi) is 4.88. The van der Waals surface area contributed by atoms with Gasteiger partial charge in [0, 0.05) is 25.4 Å². The molecule has 118 valence electrons. The van der Waals surface area contributed by atoms with Crippen LogP contribution in [0.15, 0.2) is 29.4 Å². The summed E-state index contributed by atoms with van der Waals surface area (Å²) in [6.45, 7) is 0.783. The van der Waals surface area contributed by atoms with Crippen molar-refractivity contribution in [2.45, 2.75) is 37.4 Å². The molecule has 0 aliphatic carbocycles. The number of thioether (sulfide) groups is 1. The molecule has 8 heteroatoms. The van der Waals surface area contributed by atoms with Gasteiger partial charge in [-0.1, -0.05) is 18.2 Å². The van der Waals surface area contributed by atoms with Crippen LogP contribution in [-0.2, 0) is 13.0 Å². The molecule has 0 spiro atoms. The number of hydrogen-bond acceptors (Lipinski definition) is 7. The zero-order chi connectivity index (χ0) is 16.1. The number of aryl methyl sites for hydroxylation is 1. The largest absolute Gasteiger partial charge is 0.510 e. The number of hydrogen-bond donors (Lipinski definition) is 1. The summed E-state index contributed by atoms with van der Waals surface area (Å²) < 4.78 is 1.95. The van der Waals surface area contributed by atoms with Gasteiger partial charge in [-0.3, -0.25) is 0 Å². The fourth-order valence-corrected chi connectivity index (χ4v) is 3.16. The van der Waals surface area contributed by atoms with E-state index in [1.54, 1.807) is 18.5 Å². The highest BCUT2D eigenvalue weighted by Gasteiger charge is 2.20. The van der Waals surface area contributed by atoms with Crippen LogP contribution in [0.2, 0.25) is 0 Å². The lowest BCUT2D eigenvalue weighted by molar-refractivity contribution is 0.420. The van der Waals surface area contributed by atoms with Crippen molar-refractivity contribution in [1.82, 2.24) is 24.7 Å². The minimum atomic E-state index is -0.0237. The van der Waals surface area contributed by atoms with Crippen molar-refractivity contribution < 1.29 is 5.11 Å². The number of allylic oxidation sites excluding steroid dienone is 1. The second-order valence-electron chi connectivity index (χ2n) is 5.16. The normalized spacial score (nSPS) is 15.3. The molecule has 3 rings (SSSR count). The van der Waals surface area contributed by atoms with E-state index in [1.807, 2.05) is 4.57 Å². The third-order valence-corrected chi connectivity index (χ3v) is 4.50. The minimum Gasteiger partial charge on any atom is -0.510 e. The van der Waals surface area contributed by atoms with E-state index in [4.69, 9.17) is 0 Å². The molecule has 7 nitrogen and oxygen atoms in total. The third-order valence-electron chi connectivity index (χ3n) is 3.61. The highest BCUT2D eigenvalue weighted by Crippen LogP contribution is 2.23. The predicted octanol–water partition coefficient (Wildman–Crippen LogP) is 2.38. The predicted molar refractivity (Wildman–Crippen MR) is 85.5 cm³/mol. The molecular weight excluding hydrogens is 312 g/mol. The van der Waals surface area contributed by atoms with Crippen molar-refractivity contribution in [3.63, 3.8) is 0 Å². The minimum absolute atomic E-state index is 0.0237. The van der Waals surface area contributed by atoms with Crippen LogP contribution in [0.25, 0.3) is 5.57 Å². The fourth-order valence-electron chi connectivity index (χ4n) is 2.48. The van der Waals surface area contributed by atoms with E-state index in [-0.39, 0.29) is 17.1 Å². The van der Waals surface area contributed by atoms with Crippen molar-refractivity contribution >= 4 is 17.3 Å². The number of aliphatic hydroxyl groups excluding tert-OH is 1. The summed E-state index contributed by atoms with van der Waals surface area (Å²) in [5.41, 5.74) is 0.175. The van der Waals surface area contributed by atoms with Crippen LogP contribution in [0.1, 0.15) is 30.9 Å². The fraction of sp³-hybridized carbons (Fsp3) is 0.400. The van der Waals surface area contributed by atoms with E-state index in [0.29, 0.717) is 11.0 Å². The van der Waals surface area contributed by atoms with Crippen LogP contribution < -0.4 is 0 Å². The first-order chi connectivity index (χ1) is 11.3. The van der Waals surface area contributed by atoms with Gasteiger partial charge >= 0.3 is 0 Å². The van der Waals surface area contributed by atoms with E-state index in [2.05, 4.69) is 26.2 Å². The van der Waals surface area contributed by atoms with Crippen LogP contribution in [0.4, 0.5) is 0 Å². The number of aliphatic hydroxyl groups is 1. The molecule has 1 aliphatic heterocycles. The summed E-state index contributed by atoms with van der Waals surface area (Å²) in [7, 11) is 0. The summed E-state index contributed by atoms with van der Waals surface area (Å²) in [5.74, 6) is 1.53. The Labute approximate surface area is 138 Å². The van der Waals surface area contributed by atoms with E-state index in [1.165, 1.54) is 11.8 Å². The second kappa shape index (κ2) is 7.24. The SMILES string of the molecule is N#CC(=C(O)CSc1ncccn1)c1nnc2n1CCCCC2. The molecule has 0 amide bonds.